The van der Waals surface area contributed by atoms with Gasteiger partial charge in [-0.2, -0.15) is 5.10 Å². The minimum absolute atomic E-state index is 0.0201. The number of ether oxygens (including phenoxy) is 1. The molecule has 1 aromatic carbocycles. The number of carbonyl (C=O) groups is 2. The summed E-state index contributed by atoms with van der Waals surface area (Å²) in [6.45, 7) is 8.40. The molecule has 2 heterocycles. The van der Waals surface area contributed by atoms with E-state index in [1.165, 1.54) is 0 Å². The average molecular weight is 399 g/mol. The number of hydrogen-bond donors (Lipinski definition) is 1. The number of benzene rings is 1. The molecule has 2 aromatic rings. The molecule has 7 nitrogen and oxygen atoms in total. The van der Waals surface area contributed by atoms with Crippen LogP contribution in [0.25, 0.3) is 0 Å². The predicted molar refractivity (Wildman–Crippen MR) is 110 cm³/mol. The van der Waals surface area contributed by atoms with Crippen molar-refractivity contribution in [2.24, 2.45) is 13.0 Å². The van der Waals surface area contributed by atoms with Crippen LogP contribution in [0, 0.1) is 12.8 Å². The Morgan fingerprint density at radius 2 is 2.03 bits per heavy atom. The van der Waals surface area contributed by atoms with E-state index in [2.05, 4.69) is 10.4 Å². The number of para-hydroxylation sites is 1. The molecule has 1 aliphatic rings. The van der Waals surface area contributed by atoms with Gasteiger partial charge in [0.25, 0.3) is 5.91 Å². The Morgan fingerprint density at radius 3 is 2.66 bits per heavy atom. The number of nitrogens with zero attached hydrogens (tertiary/aromatic N) is 3. The van der Waals surface area contributed by atoms with Crippen LogP contribution < -0.4 is 10.1 Å². The van der Waals surface area contributed by atoms with Crippen LogP contribution in [0.4, 0.5) is 0 Å². The third kappa shape index (κ3) is 4.78. The largest absolute Gasteiger partial charge is 0.484 e. The van der Waals surface area contributed by atoms with Crippen molar-refractivity contribution in [2.75, 3.05) is 13.2 Å². The number of nitrogens with one attached hydrogen (secondary N) is 1. The summed E-state index contributed by atoms with van der Waals surface area (Å²) in [6.07, 6.45) is 4.14. The van der Waals surface area contributed by atoms with E-state index in [1.54, 1.807) is 10.9 Å². The standard InChI is InChI=1S/C22H30N4O3/c1-15-8-6-7-9-18(15)29-14-19(27)23-11-16-10-20(28)26(22(2,3)4)21(16)17-12-24-25(5)13-17/h6-9,12-13,16,21H,10-11,14H2,1-5H3,(H,23,27)/t16-,21+/m0/s1. The molecule has 0 spiro atoms. The fourth-order valence-corrected chi connectivity index (χ4v) is 3.95. The maximum absolute atomic E-state index is 12.8. The van der Waals surface area contributed by atoms with Gasteiger partial charge in [-0.1, -0.05) is 18.2 Å². The third-order valence-electron chi connectivity index (χ3n) is 5.23. The highest BCUT2D eigenvalue weighted by Crippen LogP contribution is 2.41. The fraction of sp³-hybridized carbons (Fsp3) is 0.500. The lowest BCUT2D eigenvalue weighted by molar-refractivity contribution is -0.133. The molecule has 156 valence electrons. The summed E-state index contributed by atoms with van der Waals surface area (Å²) >= 11 is 0. The minimum atomic E-state index is -0.315. The summed E-state index contributed by atoms with van der Waals surface area (Å²) in [6, 6.07) is 7.48. The number of aromatic nitrogens is 2. The summed E-state index contributed by atoms with van der Waals surface area (Å²) in [4.78, 5) is 27.0. The van der Waals surface area contributed by atoms with Gasteiger partial charge in [0.2, 0.25) is 5.91 Å². The van der Waals surface area contributed by atoms with Crippen LogP contribution in [-0.2, 0) is 16.6 Å². The van der Waals surface area contributed by atoms with Crippen molar-refractivity contribution >= 4 is 11.8 Å². The molecule has 0 radical (unpaired) electrons. The first-order valence-electron chi connectivity index (χ1n) is 9.92. The van der Waals surface area contributed by atoms with Crippen LogP contribution in [0.3, 0.4) is 0 Å². The third-order valence-corrected chi connectivity index (χ3v) is 5.23. The number of hydrogen-bond acceptors (Lipinski definition) is 4. The van der Waals surface area contributed by atoms with Crippen molar-refractivity contribution in [1.29, 1.82) is 0 Å². The summed E-state index contributed by atoms with van der Waals surface area (Å²) in [5, 5.41) is 7.22. The van der Waals surface area contributed by atoms with Gasteiger partial charge >= 0.3 is 0 Å². The zero-order chi connectivity index (χ0) is 21.2. The van der Waals surface area contributed by atoms with Crippen LogP contribution >= 0.6 is 0 Å². The van der Waals surface area contributed by atoms with E-state index in [1.807, 2.05) is 70.1 Å². The van der Waals surface area contributed by atoms with Crippen molar-refractivity contribution in [3.05, 3.63) is 47.8 Å². The lowest BCUT2D eigenvalue weighted by Crippen LogP contribution is -2.45. The molecular weight excluding hydrogens is 368 g/mol. The van der Waals surface area contributed by atoms with Crippen molar-refractivity contribution < 1.29 is 14.3 Å². The molecule has 1 fully saturated rings. The van der Waals surface area contributed by atoms with E-state index in [0.29, 0.717) is 18.7 Å². The smallest absolute Gasteiger partial charge is 0.257 e. The van der Waals surface area contributed by atoms with Gasteiger partial charge in [-0.05, 0) is 39.3 Å². The van der Waals surface area contributed by atoms with Crippen LogP contribution in [0.1, 0.15) is 44.4 Å². The first kappa shape index (κ1) is 20.9. The molecule has 2 atom stereocenters. The van der Waals surface area contributed by atoms with Crippen molar-refractivity contribution in [3.8, 4) is 5.75 Å². The van der Waals surface area contributed by atoms with Crippen molar-refractivity contribution in [1.82, 2.24) is 20.0 Å². The molecule has 0 aliphatic carbocycles. The molecule has 0 unspecified atom stereocenters. The molecule has 7 heteroatoms. The topological polar surface area (TPSA) is 76.5 Å². The van der Waals surface area contributed by atoms with Gasteiger partial charge in [0.15, 0.2) is 6.61 Å². The molecule has 1 aromatic heterocycles. The second kappa shape index (κ2) is 8.27. The second-order valence-electron chi connectivity index (χ2n) is 8.65. The maximum atomic E-state index is 12.8. The Morgan fingerprint density at radius 1 is 1.31 bits per heavy atom. The first-order chi connectivity index (χ1) is 13.7. The van der Waals surface area contributed by atoms with E-state index in [-0.39, 0.29) is 35.9 Å². The molecule has 1 saturated heterocycles. The second-order valence-corrected chi connectivity index (χ2v) is 8.65. The van der Waals surface area contributed by atoms with Crippen LogP contribution in [0.15, 0.2) is 36.7 Å². The van der Waals surface area contributed by atoms with E-state index in [9.17, 15) is 9.59 Å². The monoisotopic (exact) mass is 398 g/mol. The van der Waals surface area contributed by atoms with Crippen molar-refractivity contribution in [3.63, 3.8) is 0 Å². The molecule has 0 bridgehead atoms. The Labute approximate surface area is 172 Å². The highest BCUT2D eigenvalue weighted by molar-refractivity contribution is 5.81. The van der Waals surface area contributed by atoms with E-state index >= 15 is 0 Å². The summed E-state index contributed by atoms with van der Waals surface area (Å²) < 4.78 is 7.36. The summed E-state index contributed by atoms with van der Waals surface area (Å²) in [7, 11) is 1.86. The summed E-state index contributed by atoms with van der Waals surface area (Å²) in [5.74, 6) is 0.584. The van der Waals surface area contributed by atoms with Gasteiger partial charge in [0.1, 0.15) is 5.75 Å². The summed E-state index contributed by atoms with van der Waals surface area (Å²) in [5.41, 5.74) is 1.66. The highest BCUT2D eigenvalue weighted by atomic mass is 16.5. The number of carbonyl (C=O) groups excluding carboxylic acids is 2. The van der Waals surface area contributed by atoms with Gasteiger partial charge in [-0.25, -0.2) is 0 Å². The molecule has 29 heavy (non-hydrogen) atoms. The molecule has 1 aliphatic heterocycles. The van der Waals surface area contributed by atoms with Crippen LogP contribution in [0.5, 0.6) is 5.75 Å². The normalized spacial score (nSPS) is 19.5. The Kier molecular flexibility index (Phi) is 5.96. The van der Waals surface area contributed by atoms with Crippen LogP contribution in [0.2, 0.25) is 0 Å². The van der Waals surface area contributed by atoms with Crippen LogP contribution in [-0.4, -0.2) is 45.2 Å². The average Bonchev–Trinajstić information content (AvgIpc) is 3.21. The van der Waals surface area contributed by atoms with E-state index in [4.69, 9.17) is 4.74 Å². The number of rotatable bonds is 6. The van der Waals surface area contributed by atoms with Gasteiger partial charge in [-0.3, -0.25) is 14.3 Å². The first-order valence-corrected chi connectivity index (χ1v) is 9.92. The molecule has 1 N–H and O–H groups in total. The van der Waals surface area contributed by atoms with Gasteiger partial charge in [0, 0.05) is 43.2 Å². The van der Waals surface area contributed by atoms with E-state index in [0.717, 1.165) is 11.1 Å². The Bertz CT molecular complexity index is 884. The quantitative estimate of drug-likeness (QED) is 0.812. The number of amides is 2. The highest BCUT2D eigenvalue weighted by Gasteiger charge is 2.45. The Hall–Kier alpha value is -2.83. The molecular formula is C22H30N4O3. The van der Waals surface area contributed by atoms with Gasteiger partial charge < -0.3 is 15.0 Å². The Balaban J connectivity index is 1.66. The van der Waals surface area contributed by atoms with Gasteiger partial charge in [0.05, 0.1) is 12.2 Å². The lowest BCUT2D eigenvalue weighted by atomic mass is 9.93. The zero-order valence-electron chi connectivity index (χ0n) is 17.8. The molecule has 0 saturated carbocycles. The van der Waals surface area contributed by atoms with E-state index < -0.39 is 0 Å². The minimum Gasteiger partial charge on any atom is -0.484 e. The fourth-order valence-electron chi connectivity index (χ4n) is 3.95. The maximum Gasteiger partial charge on any atom is 0.257 e. The molecule has 3 rings (SSSR count). The lowest BCUT2D eigenvalue weighted by Gasteiger charge is -2.38. The number of likely N-dealkylation sites (tertiary alicyclic amines) is 1. The predicted octanol–water partition coefficient (Wildman–Crippen LogP) is 2.61. The SMILES string of the molecule is Cc1ccccc1OCC(=O)NC[C@@H]1CC(=O)N(C(C)(C)C)[C@H]1c1cnn(C)c1. The zero-order valence-corrected chi connectivity index (χ0v) is 17.8. The van der Waals surface area contributed by atoms with Crippen molar-refractivity contribution in [2.45, 2.75) is 45.7 Å². The van der Waals surface area contributed by atoms with Gasteiger partial charge in [-0.15, -0.1) is 0 Å². The number of aryl methyl sites for hydroxylation is 2. The molecule has 2 amide bonds.